The second-order valence-corrected chi connectivity index (χ2v) is 7.95. The summed E-state index contributed by atoms with van der Waals surface area (Å²) in [7, 11) is 0. The maximum absolute atomic E-state index is 13.0. The number of piperidine rings is 1. The fraction of sp³-hybridized carbons (Fsp3) is 0.650. The van der Waals surface area contributed by atoms with Crippen molar-refractivity contribution in [2.45, 2.75) is 58.7 Å². The summed E-state index contributed by atoms with van der Waals surface area (Å²) in [5.74, 6) is 1.92. The Morgan fingerprint density at radius 3 is 2.93 bits per heavy atom. The summed E-state index contributed by atoms with van der Waals surface area (Å²) in [5.41, 5.74) is 2.27. The maximum atomic E-state index is 13.0. The predicted octanol–water partition coefficient (Wildman–Crippen LogP) is 1.99. The summed E-state index contributed by atoms with van der Waals surface area (Å²) in [5, 5.41) is 0. The molecule has 7 heteroatoms. The molecule has 0 spiro atoms. The van der Waals surface area contributed by atoms with E-state index in [2.05, 4.69) is 43.2 Å². The highest BCUT2D eigenvalue weighted by atomic mass is 16.2. The van der Waals surface area contributed by atoms with E-state index in [1.54, 1.807) is 6.33 Å². The van der Waals surface area contributed by atoms with Gasteiger partial charge in [0.15, 0.2) is 0 Å². The van der Waals surface area contributed by atoms with Crippen LogP contribution in [0.4, 0.5) is 0 Å². The zero-order chi connectivity index (χ0) is 18.8. The van der Waals surface area contributed by atoms with Crippen LogP contribution in [0.2, 0.25) is 0 Å². The van der Waals surface area contributed by atoms with Crippen molar-refractivity contribution in [3.8, 4) is 0 Å². The Hall–Kier alpha value is -2.15. The van der Waals surface area contributed by atoms with E-state index < -0.39 is 0 Å². The number of aromatic amines is 1. The smallest absolute Gasteiger partial charge is 0.224 e. The van der Waals surface area contributed by atoms with Gasteiger partial charge < -0.3 is 14.5 Å². The van der Waals surface area contributed by atoms with Crippen LogP contribution in [0.1, 0.15) is 43.4 Å². The Kier molecular flexibility index (Phi) is 5.29. The summed E-state index contributed by atoms with van der Waals surface area (Å²) in [6.07, 6.45) is 9.39. The molecule has 3 saturated heterocycles. The van der Waals surface area contributed by atoms with Gasteiger partial charge in [0.25, 0.3) is 0 Å². The number of amides is 1. The molecule has 2 bridgehead atoms. The third-order valence-electron chi connectivity index (χ3n) is 6.10. The van der Waals surface area contributed by atoms with Crippen molar-refractivity contribution < 1.29 is 4.79 Å². The van der Waals surface area contributed by atoms with Gasteiger partial charge in [0.1, 0.15) is 5.82 Å². The molecular formula is C20H30N6O. The number of aryl methyl sites for hydroxylation is 3. The molecular weight excluding hydrogens is 340 g/mol. The molecule has 0 aliphatic carbocycles. The minimum atomic E-state index is 0.290. The monoisotopic (exact) mass is 370 g/mol. The van der Waals surface area contributed by atoms with Crippen molar-refractivity contribution >= 4 is 5.91 Å². The van der Waals surface area contributed by atoms with E-state index in [4.69, 9.17) is 0 Å². The fourth-order valence-corrected chi connectivity index (χ4v) is 4.59. The summed E-state index contributed by atoms with van der Waals surface area (Å²) in [6, 6.07) is 0.337. The first-order valence-electron chi connectivity index (χ1n) is 10.1. The van der Waals surface area contributed by atoms with Crippen LogP contribution in [0.3, 0.4) is 0 Å². The minimum Gasteiger partial charge on any atom is -0.348 e. The van der Waals surface area contributed by atoms with Crippen LogP contribution in [0.25, 0.3) is 0 Å². The lowest BCUT2D eigenvalue weighted by atomic mass is 9.94. The second kappa shape index (κ2) is 7.84. The maximum Gasteiger partial charge on any atom is 0.224 e. The van der Waals surface area contributed by atoms with Gasteiger partial charge in [-0.25, -0.2) is 9.97 Å². The predicted molar refractivity (Wildman–Crippen MR) is 103 cm³/mol. The number of fused-ring (bicyclic) bond motifs is 4. The van der Waals surface area contributed by atoms with Gasteiger partial charge in [-0.1, -0.05) is 6.92 Å². The first-order chi connectivity index (χ1) is 13.1. The SMILES string of the molecule is CCc1nccn1CCC(=O)N1C[C@H]2CC[C@@H]1CN(Cc1nc[nH]c1C)C2. The Morgan fingerprint density at radius 1 is 1.26 bits per heavy atom. The van der Waals surface area contributed by atoms with Gasteiger partial charge >= 0.3 is 0 Å². The van der Waals surface area contributed by atoms with Crippen molar-refractivity contribution in [1.82, 2.24) is 29.3 Å². The molecule has 2 aromatic rings. The molecule has 0 radical (unpaired) electrons. The number of nitrogens with one attached hydrogen (secondary N) is 1. The zero-order valence-electron chi connectivity index (χ0n) is 16.4. The van der Waals surface area contributed by atoms with Crippen molar-refractivity contribution in [2.75, 3.05) is 19.6 Å². The molecule has 3 aliphatic heterocycles. The molecule has 27 heavy (non-hydrogen) atoms. The number of aromatic nitrogens is 4. The van der Waals surface area contributed by atoms with Crippen LogP contribution in [-0.4, -0.2) is 60.9 Å². The van der Waals surface area contributed by atoms with E-state index in [9.17, 15) is 4.79 Å². The van der Waals surface area contributed by atoms with Crippen LogP contribution < -0.4 is 0 Å². The van der Waals surface area contributed by atoms with Crippen molar-refractivity contribution in [3.05, 3.63) is 35.9 Å². The zero-order valence-corrected chi connectivity index (χ0v) is 16.4. The molecule has 5 rings (SSSR count). The molecule has 0 aromatic carbocycles. The van der Waals surface area contributed by atoms with Gasteiger partial charge in [-0.15, -0.1) is 0 Å². The van der Waals surface area contributed by atoms with E-state index in [0.29, 0.717) is 24.3 Å². The summed E-state index contributed by atoms with van der Waals surface area (Å²) in [4.78, 5) is 29.6. The standard InChI is InChI=1S/C20H30N6O/c1-3-19-21-7-9-25(19)8-6-20(27)26-11-16-4-5-17(26)12-24(10-16)13-18-15(2)22-14-23-18/h7,9,14,16-17H,3-6,8,10-13H2,1-2H3,(H,22,23)/t16-,17+/m0/s1. The van der Waals surface area contributed by atoms with Crippen molar-refractivity contribution in [2.24, 2.45) is 5.92 Å². The molecule has 1 amide bonds. The number of H-pyrrole nitrogens is 1. The molecule has 7 nitrogen and oxygen atoms in total. The average Bonchev–Trinajstić information content (AvgIpc) is 3.19. The Bertz CT molecular complexity index is 781. The van der Waals surface area contributed by atoms with Gasteiger partial charge in [-0.2, -0.15) is 0 Å². The number of hydrogen-bond donors (Lipinski definition) is 1. The lowest BCUT2D eigenvalue weighted by Crippen LogP contribution is -2.47. The normalized spacial score (nSPS) is 23.0. The topological polar surface area (TPSA) is 70.1 Å². The lowest BCUT2D eigenvalue weighted by molar-refractivity contribution is -0.135. The Balaban J connectivity index is 1.38. The molecule has 1 N–H and O–H groups in total. The van der Waals surface area contributed by atoms with Crippen LogP contribution in [0, 0.1) is 12.8 Å². The van der Waals surface area contributed by atoms with Gasteiger partial charge in [0.05, 0.1) is 12.0 Å². The molecule has 146 valence electrons. The second-order valence-electron chi connectivity index (χ2n) is 7.95. The summed E-state index contributed by atoms with van der Waals surface area (Å²) >= 11 is 0. The van der Waals surface area contributed by atoms with Gasteiger partial charge in [-0.05, 0) is 25.7 Å². The highest BCUT2D eigenvalue weighted by Crippen LogP contribution is 2.29. The number of carbonyl (C=O) groups excluding carboxylic acids is 1. The molecule has 5 heterocycles. The average molecular weight is 371 g/mol. The quantitative estimate of drug-likeness (QED) is 0.844. The number of imidazole rings is 2. The van der Waals surface area contributed by atoms with Crippen LogP contribution in [0.15, 0.2) is 18.7 Å². The first-order valence-corrected chi connectivity index (χ1v) is 10.1. The third kappa shape index (κ3) is 3.93. The molecule has 2 aromatic heterocycles. The number of nitrogens with zero attached hydrogens (tertiary/aromatic N) is 5. The fourth-order valence-electron chi connectivity index (χ4n) is 4.59. The van der Waals surface area contributed by atoms with Gasteiger partial charge in [-0.3, -0.25) is 9.69 Å². The first kappa shape index (κ1) is 18.2. The molecule has 0 unspecified atom stereocenters. The van der Waals surface area contributed by atoms with Crippen molar-refractivity contribution in [3.63, 3.8) is 0 Å². The largest absolute Gasteiger partial charge is 0.348 e. The van der Waals surface area contributed by atoms with E-state index in [-0.39, 0.29) is 0 Å². The number of rotatable bonds is 6. The van der Waals surface area contributed by atoms with E-state index in [1.807, 2.05) is 12.4 Å². The van der Waals surface area contributed by atoms with Crippen LogP contribution >= 0.6 is 0 Å². The van der Waals surface area contributed by atoms with Crippen LogP contribution in [0.5, 0.6) is 0 Å². The highest BCUT2D eigenvalue weighted by Gasteiger charge is 2.37. The molecule has 2 atom stereocenters. The van der Waals surface area contributed by atoms with E-state index >= 15 is 0 Å². The van der Waals surface area contributed by atoms with E-state index in [0.717, 1.165) is 62.8 Å². The summed E-state index contributed by atoms with van der Waals surface area (Å²) in [6.45, 7) is 8.71. The lowest BCUT2D eigenvalue weighted by Gasteiger charge is -2.36. The third-order valence-corrected chi connectivity index (χ3v) is 6.10. The number of carbonyl (C=O) groups is 1. The highest BCUT2D eigenvalue weighted by molar-refractivity contribution is 5.76. The van der Waals surface area contributed by atoms with E-state index in [1.165, 1.54) is 6.42 Å². The Labute approximate surface area is 160 Å². The van der Waals surface area contributed by atoms with Crippen molar-refractivity contribution in [1.29, 1.82) is 0 Å². The summed E-state index contributed by atoms with van der Waals surface area (Å²) < 4.78 is 2.11. The molecule has 3 fully saturated rings. The number of hydrogen-bond acceptors (Lipinski definition) is 4. The molecule has 0 saturated carbocycles. The van der Waals surface area contributed by atoms with Gasteiger partial charge in [0.2, 0.25) is 5.91 Å². The van der Waals surface area contributed by atoms with Gasteiger partial charge in [0, 0.05) is 69.7 Å². The van der Waals surface area contributed by atoms with Crippen LogP contribution in [-0.2, 0) is 24.3 Å². The minimum absolute atomic E-state index is 0.290. The Morgan fingerprint density at radius 2 is 2.15 bits per heavy atom. The molecule has 3 aliphatic rings.